The smallest absolute Gasteiger partial charge is 0.333 e. The number of methoxy groups -OCH3 is 1. The van der Waals surface area contributed by atoms with Gasteiger partial charge in [0.1, 0.15) is 0 Å². The van der Waals surface area contributed by atoms with Crippen LogP contribution < -0.4 is 0 Å². The van der Waals surface area contributed by atoms with E-state index in [1.54, 1.807) is 0 Å². The molecule has 0 heterocycles. The van der Waals surface area contributed by atoms with Crippen LogP contribution in [0.5, 0.6) is 0 Å². The van der Waals surface area contributed by atoms with Crippen molar-refractivity contribution in [1.29, 1.82) is 0 Å². The fourth-order valence-corrected chi connectivity index (χ4v) is 0.863. The molecule has 0 amide bonds. The molecule has 2 heteroatoms. The zero-order chi connectivity index (χ0) is 8.69. The minimum atomic E-state index is -0.194. The lowest BCUT2D eigenvalue weighted by Crippen LogP contribution is -2.04. The molecule has 0 aromatic heterocycles. The fourth-order valence-electron chi connectivity index (χ4n) is 0.863. The molecular formula is C9H16O2. The van der Waals surface area contributed by atoms with Gasteiger partial charge in [-0.2, -0.15) is 0 Å². The number of carbonyl (C=O) groups excluding carboxylic acids is 1. The zero-order valence-corrected chi connectivity index (χ0v) is 7.52. The summed E-state index contributed by atoms with van der Waals surface area (Å²) in [5, 5.41) is 0. The van der Waals surface area contributed by atoms with Gasteiger partial charge in [0.05, 0.1) is 7.11 Å². The highest BCUT2D eigenvalue weighted by Crippen LogP contribution is 2.08. The molecule has 0 saturated carbocycles. The van der Waals surface area contributed by atoms with E-state index < -0.39 is 0 Å². The third kappa shape index (κ3) is 3.81. The Morgan fingerprint density at radius 3 is 2.55 bits per heavy atom. The lowest BCUT2D eigenvalue weighted by atomic mass is 10.1. The molecule has 64 valence electrons. The first-order valence-corrected chi connectivity index (χ1v) is 3.99. The van der Waals surface area contributed by atoms with Crippen molar-refractivity contribution in [3.05, 3.63) is 11.6 Å². The standard InChI is InChI=1S/C9H16O2/c1-4-6-7-8(5-2)9(10)11-3/h5H,4,6-7H2,1-3H3. The first kappa shape index (κ1) is 10.2. The van der Waals surface area contributed by atoms with Crippen molar-refractivity contribution in [2.75, 3.05) is 7.11 Å². The first-order chi connectivity index (χ1) is 5.26. The summed E-state index contributed by atoms with van der Waals surface area (Å²) >= 11 is 0. The van der Waals surface area contributed by atoms with E-state index in [2.05, 4.69) is 11.7 Å². The third-order valence-corrected chi connectivity index (χ3v) is 1.60. The van der Waals surface area contributed by atoms with Crippen molar-refractivity contribution in [3.8, 4) is 0 Å². The van der Waals surface area contributed by atoms with E-state index >= 15 is 0 Å². The summed E-state index contributed by atoms with van der Waals surface area (Å²) < 4.78 is 4.59. The van der Waals surface area contributed by atoms with E-state index in [1.807, 2.05) is 13.0 Å². The number of carbonyl (C=O) groups is 1. The minimum absolute atomic E-state index is 0.194. The van der Waals surface area contributed by atoms with Crippen LogP contribution in [0.25, 0.3) is 0 Å². The van der Waals surface area contributed by atoms with Crippen molar-refractivity contribution in [3.63, 3.8) is 0 Å². The van der Waals surface area contributed by atoms with Crippen LogP contribution in [0.1, 0.15) is 33.1 Å². The molecule has 0 aromatic carbocycles. The van der Waals surface area contributed by atoms with Crippen molar-refractivity contribution >= 4 is 5.97 Å². The summed E-state index contributed by atoms with van der Waals surface area (Å²) in [6.07, 6.45) is 4.81. The number of unbranched alkanes of at least 4 members (excludes halogenated alkanes) is 1. The monoisotopic (exact) mass is 156 g/mol. The first-order valence-electron chi connectivity index (χ1n) is 3.99. The van der Waals surface area contributed by atoms with Gasteiger partial charge < -0.3 is 4.74 Å². The molecule has 0 aliphatic rings. The Morgan fingerprint density at radius 1 is 1.55 bits per heavy atom. The summed E-state index contributed by atoms with van der Waals surface area (Å²) in [7, 11) is 1.41. The number of esters is 1. The van der Waals surface area contributed by atoms with Gasteiger partial charge in [-0.1, -0.05) is 19.4 Å². The van der Waals surface area contributed by atoms with E-state index in [9.17, 15) is 4.79 Å². The van der Waals surface area contributed by atoms with E-state index in [4.69, 9.17) is 0 Å². The van der Waals surface area contributed by atoms with Crippen LogP contribution in [0.15, 0.2) is 11.6 Å². The molecule has 0 aromatic rings. The van der Waals surface area contributed by atoms with Gasteiger partial charge in [0.2, 0.25) is 0 Å². The molecule has 0 spiro atoms. The minimum Gasteiger partial charge on any atom is -0.466 e. The zero-order valence-electron chi connectivity index (χ0n) is 7.52. The Hall–Kier alpha value is -0.790. The maximum absolute atomic E-state index is 11.0. The average molecular weight is 156 g/mol. The summed E-state index contributed by atoms with van der Waals surface area (Å²) in [5.74, 6) is -0.194. The topological polar surface area (TPSA) is 26.3 Å². The largest absolute Gasteiger partial charge is 0.466 e. The molecule has 2 nitrogen and oxygen atoms in total. The van der Waals surface area contributed by atoms with Gasteiger partial charge in [0.15, 0.2) is 0 Å². The number of hydrogen-bond acceptors (Lipinski definition) is 2. The summed E-state index contributed by atoms with van der Waals surface area (Å²) in [4.78, 5) is 11.0. The van der Waals surface area contributed by atoms with Crippen LogP contribution in [0.4, 0.5) is 0 Å². The Balaban J connectivity index is 3.87. The molecule has 0 fully saturated rings. The van der Waals surface area contributed by atoms with Crippen molar-refractivity contribution in [1.82, 2.24) is 0 Å². The lowest BCUT2D eigenvalue weighted by molar-refractivity contribution is -0.136. The molecule has 0 atom stereocenters. The third-order valence-electron chi connectivity index (χ3n) is 1.60. The number of allylic oxidation sites excluding steroid dienone is 1. The van der Waals surface area contributed by atoms with E-state index in [1.165, 1.54) is 7.11 Å². The number of ether oxygens (including phenoxy) is 1. The van der Waals surface area contributed by atoms with Crippen molar-refractivity contribution in [2.24, 2.45) is 0 Å². The van der Waals surface area contributed by atoms with E-state index in [0.29, 0.717) is 0 Å². The predicted octanol–water partition coefficient (Wildman–Crippen LogP) is 2.30. The molecule has 0 unspecified atom stereocenters. The Bertz CT molecular complexity index is 148. The van der Waals surface area contributed by atoms with Crippen molar-refractivity contribution < 1.29 is 9.53 Å². The molecule has 0 radical (unpaired) electrons. The van der Waals surface area contributed by atoms with Crippen LogP contribution in [-0.4, -0.2) is 13.1 Å². The summed E-state index contributed by atoms with van der Waals surface area (Å²) in [6, 6.07) is 0. The van der Waals surface area contributed by atoms with Crippen LogP contribution in [0.3, 0.4) is 0 Å². The normalized spacial score (nSPS) is 11.4. The highest BCUT2D eigenvalue weighted by Gasteiger charge is 2.05. The van der Waals surface area contributed by atoms with Gasteiger partial charge in [0.25, 0.3) is 0 Å². The van der Waals surface area contributed by atoms with Gasteiger partial charge in [0, 0.05) is 5.57 Å². The molecule has 0 aliphatic heterocycles. The van der Waals surface area contributed by atoms with Crippen LogP contribution in [0, 0.1) is 0 Å². The van der Waals surface area contributed by atoms with Crippen LogP contribution in [0.2, 0.25) is 0 Å². The molecule has 0 N–H and O–H groups in total. The second-order valence-electron chi connectivity index (χ2n) is 2.41. The van der Waals surface area contributed by atoms with Crippen LogP contribution in [-0.2, 0) is 9.53 Å². The van der Waals surface area contributed by atoms with Gasteiger partial charge in [-0.3, -0.25) is 0 Å². The maximum Gasteiger partial charge on any atom is 0.333 e. The van der Waals surface area contributed by atoms with Crippen LogP contribution >= 0.6 is 0 Å². The fraction of sp³-hybridized carbons (Fsp3) is 0.667. The number of hydrogen-bond donors (Lipinski definition) is 0. The second-order valence-corrected chi connectivity index (χ2v) is 2.41. The van der Waals surface area contributed by atoms with Gasteiger partial charge in [-0.25, -0.2) is 4.79 Å². The maximum atomic E-state index is 11.0. The molecule has 0 rings (SSSR count). The van der Waals surface area contributed by atoms with Gasteiger partial charge in [-0.15, -0.1) is 0 Å². The number of rotatable bonds is 4. The molecule has 0 saturated heterocycles. The summed E-state index contributed by atoms with van der Waals surface area (Å²) in [6.45, 7) is 3.96. The van der Waals surface area contributed by atoms with Gasteiger partial charge in [-0.05, 0) is 19.8 Å². The average Bonchev–Trinajstić information content (AvgIpc) is 2.05. The molecule has 11 heavy (non-hydrogen) atoms. The SMILES string of the molecule is CC=C(CCCC)C(=O)OC. The lowest BCUT2D eigenvalue weighted by Gasteiger charge is -2.02. The molecular weight excluding hydrogens is 140 g/mol. The van der Waals surface area contributed by atoms with E-state index in [0.717, 1.165) is 24.8 Å². The van der Waals surface area contributed by atoms with E-state index in [-0.39, 0.29) is 5.97 Å². The highest BCUT2D eigenvalue weighted by molar-refractivity contribution is 5.88. The Morgan fingerprint density at radius 2 is 2.18 bits per heavy atom. The van der Waals surface area contributed by atoms with Crippen molar-refractivity contribution in [2.45, 2.75) is 33.1 Å². The molecule has 0 bridgehead atoms. The van der Waals surface area contributed by atoms with Gasteiger partial charge >= 0.3 is 5.97 Å². The quantitative estimate of drug-likeness (QED) is 0.461. The second kappa shape index (κ2) is 5.96. The highest BCUT2D eigenvalue weighted by atomic mass is 16.5. The Kier molecular flexibility index (Phi) is 5.53. The predicted molar refractivity (Wildman–Crippen MR) is 45.3 cm³/mol. The Labute approximate surface area is 68.2 Å². The molecule has 0 aliphatic carbocycles. The summed E-state index contributed by atoms with van der Waals surface area (Å²) in [5.41, 5.74) is 0.786.